The number of anilines is 2. The van der Waals surface area contributed by atoms with Crippen molar-refractivity contribution >= 4 is 11.6 Å². The van der Waals surface area contributed by atoms with Crippen LogP contribution < -0.4 is 10.6 Å². The predicted octanol–water partition coefficient (Wildman–Crippen LogP) is 2.39. The van der Waals surface area contributed by atoms with Crippen molar-refractivity contribution < 1.29 is 0 Å². The summed E-state index contributed by atoms with van der Waals surface area (Å²) in [4.78, 5) is 10.9. The third kappa shape index (κ3) is 2.97. The lowest BCUT2D eigenvalue weighted by Crippen LogP contribution is -2.24. The lowest BCUT2D eigenvalue weighted by molar-refractivity contribution is 0.787. The van der Waals surface area contributed by atoms with Crippen LogP contribution >= 0.6 is 0 Å². The molecule has 0 amide bonds. The van der Waals surface area contributed by atoms with E-state index < -0.39 is 0 Å². The first-order valence-corrected chi connectivity index (χ1v) is 6.08. The summed E-state index contributed by atoms with van der Waals surface area (Å²) in [5.41, 5.74) is 8.72. The van der Waals surface area contributed by atoms with Gasteiger partial charge in [0.05, 0.1) is 0 Å². The molecule has 0 aliphatic rings. The Kier molecular flexibility index (Phi) is 3.77. The Morgan fingerprint density at radius 3 is 2.78 bits per heavy atom. The molecule has 1 aromatic carbocycles. The highest BCUT2D eigenvalue weighted by molar-refractivity contribution is 5.42. The maximum absolute atomic E-state index is 5.79. The van der Waals surface area contributed by atoms with Crippen LogP contribution in [0, 0.1) is 6.92 Å². The van der Waals surface area contributed by atoms with Gasteiger partial charge in [-0.05, 0) is 37.6 Å². The van der Waals surface area contributed by atoms with E-state index in [1.807, 2.05) is 31.2 Å². The summed E-state index contributed by atoms with van der Waals surface area (Å²) in [6.07, 6.45) is 1.79. The topological polar surface area (TPSA) is 55.0 Å². The highest BCUT2D eigenvalue weighted by atomic mass is 15.2. The molecule has 0 saturated heterocycles. The van der Waals surface area contributed by atoms with E-state index in [0.29, 0.717) is 0 Å². The van der Waals surface area contributed by atoms with Crippen LogP contribution in [0.3, 0.4) is 0 Å². The fourth-order valence-electron chi connectivity index (χ4n) is 1.82. The van der Waals surface area contributed by atoms with E-state index in [4.69, 9.17) is 5.73 Å². The molecule has 1 aromatic heterocycles. The molecule has 0 unspecified atom stereocenters. The van der Waals surface area contributed by atoms with E-state index in [1.54, 1.807) is 6.20 Å². The lowest BCUT2D eigenvalue weighted by Gasteiger charge is -2.21. The normalized spacial score (nSPS) is 10.3. The predicted molar refractivity (Wildman–Crippen MR) is 74.3 cm³/mol. The van der Waals surface area contributed by atoms with Crippen molar-refractivity contribution in [2.24, 2.45) is 0 Å². The zero-order valence-electron chi connectivity index (χ0n) is 10.8. The standard InChI is InChI=1S/C14H18N4/c1-3-18(14-16-8-7-11(2)17-14)10-12-5-4-6-13(15)9-12/h4-9H,3,10,15H2,1-2H3. The Bertz CT molecular complexity index is 525. The first-order valence-electron chi connectivity index (χ1n) is 6.08. The summed E-state index contributed by atoms with van der Waals surface area (Å²) in [5.74, 6) is 0.764. The van der Waals surface area contributed by atoms with E-state index in [-0.39, 0.29) is 0 Å². The third-order valence-electron chi connectivity index (χ3n) is 2.77. The molecule has 0 aliphatic heterocycles. The van der Waals surface area contributed by atoms with E-state index in [0.717, 1.165) is 30.4 Å². The highest BCUT2D eigenvalue weighted by Crippen LogP contribution is 2.14. The Morgan fingerprint density at radius 1 is 1.28 bits per heavy atom. The molecule has 2 N–H and O–H groups in total. The number of nitrogen functional groups attached to an aromatic ring is 1. The van der Waals surface area contributed by atoms with E-state index in [2.05, 4.69) is 27.9 Å². The molecule has 0 fully saturated rings. The minimum absolute atomic E-state index is 0.764. The molecule has 18 heavy (non-hydrogen) atoms. The van der Waals surface area contributed by atoms with Gasteiger partial charge in [-0.25, -0.2) is 9.97 Å². The molecular formula is C14H18N4. The number of aromatic nitrogens is 2. The molecule has 0 bridgehead atoms. The summed E-state index contributed by atoms with van der Waals surface area (Å²) in [6.45, 7) is 5.70. The van der Waals surface area contributed by atoms with Gasteiger partial charge in [-0.2, -0.15) is 0 Å². The summed E-state index contributed by atoms with van der Waals surface area (Å²) in [5, 5.41) is 0. The van der Waals surface area contributed by atoms with Crippen LogP contribution in [-0.4, -0.2) is 16.5 Å². The minimum Gasteiger partial charge on any atom is -0.399 e. The number of nitrogens with zero attached hydrogens (tertiary/aromatic N) is 3. The molecule has 0 aliphatic carbocycles. The quantitative estimate of drug-likeness (QED) is 0.836. The van der Waals surface area contributed by atoms with Crippen molar-refractivity contribution in [1.82, 2.24) is 9.97 Å². The second-order valence-electron chi connectivity index (χ2n) is 4.26. The van der Waals surface area contributed by atoms with E-state index >= 15 is 0 Å². The zero-order chi connectivity index (χ0) is 13.0. The lowest BCUT2D eigenvalue weighted by atomic mass is 10.2. The molecule has 2 rings (SSSR count). The number of nitrogens with two attached hydrogens (primary N) is 1. The van der Waals surface area contributed by atoms with Crippen molar-refractivity contribution in [3.8, 4) is 0 Å². The fourth-order valence-corrected chi connectivity index (χ4v) is 1.82. The maximum Gasteiger partial charge on any atom is 0.225 e. The Balaban J connectivity index is 2.19. The van der Waals surface area contributed by atoms with Crippen molar-refractivity contribution in [3.63, 3.8) is 0 Å². The van der Waals surface area contributed by atoms with E-state index in [1.165, 1.54) is 5.56 Å². The Morgan fingerprint density at radius 2 is 2.11 bits per heavy atom. The van der Waals surface area contributed by atoms with Gasteiger partial charge in [-0.3, -0.25) is 0 Å². The van der Waals surface area contributed by atoms with Gasteiger partial charge in [0, 0.05) is 30.7 Å². The second kappa shape index (κ2) is 5.49. The molecule has 2 aromatic rings. The second-order valence-corrected chi connectivity index (χ2v) is 4.26. The molecule has 1 heterocycles. The van der Waals surface area contributed by atoms with Crippen LogP contribution in [0.25, 0.3) is 0 Å². The van der Waals surface area contributed by atoms with Crippen molar-refractivity contribution in [2.45, 2.75) is 20.4 Å². The molecule has 0 saturated carbocycles. The Labute approximate surface area is 107 Å². The van der Waals surface area contributed by atoms with Crippen molar-refractivity contribution in [1.29, 1.82) is 0 Å². The van der Waals surface area contributed by atoms with Gasteiger partial charge in [0.2, 0.25) is 5.95 Å². The van der Waals surface area contributed by atoms with Gasteiger partial charge in [0.1, 0.15) is 0 Å². The van der Waals surface area contributed by atoms with Gasteiger partial charge in [0.15, 0.2) is 0 Å². The first-order chi connectivity index (χ1) is 8.69. The summed E-state index contributed by atoms with van der Waals surface area (Å²) in [7, 11) is 0. The first kappa shape index (κ1) is 12.4. The largest absolute Gasteiger partial charge is 0.399 e. The minimum atomic E-state index is 0.764. The van der Waals surface area contributed by atoms with Gasteiger partial charge >= 0.3 is 0 Å². The Hall–Kier alpha value is -2.10. The molecule has 0 atom stereocenters. The molecule has 4 heteroatoms. The van der Waals surface area contributed by atoms with E-state index in [9.17, 15) is 0 Å². The molecular weight excluding hydrogens is 224 g/mol. The zero-order valence-corrected chi connectivity index (χ0v) is 10.8. The maximum atomic E-state index is 5.79. The van der Waals surface area contributed by atoms with Crippen LogP contribution in [0.2, 0.25) is 0 Å². The van der Waals surface area contributed by atoms with Crippen LogP contribution in [0.5, 0.6) is 0 Å². The van der Waals surface area contributed by atoms with Crippen LogP contribution in [0.4, 0.5) is 11.6 Å². The number of hydrogen-bond donors (Lipinski definition) is 1. The summed E-state index contributed by atoms with van der Waals surface area (Å²) >= 11 is 0. The summed E-state index contributed by atoms with van der Waals surface area (Å²) < 4.78 is 0. The average molecular weight is 242 g/mol. The highest BCUT2D eigenvalue weighted by Gasteiger charge is 2.08. The van der Waals surface area contributed by atoms with Crippen LogP contribution in [0.15, 0.2) is 36.5 Å². The summed E-state index contributed by atoms with van der Waals surface area (Å²) in [6, 6.07) is 9.81. The van der Waals surface area contributed by atoms with Gasteiger partial charge < -0.3 is 10.6 Å². The van der Waals surface area contributed by atoms with Crippen LogP contribution in [0.1, 0.15) is 18.2 Å². The molecule has 94 valence electrons. The molecule has 0 spiro atoms. The molecule has 4 nitrogen and oxygen atoms in total. The van der Waals surface area contributed by atoms with Gasteiger partial charge in [-0.1, -0.05) is 12.1 Å². The number of benzene rings is 1. The van der Waals surface area contributed by atoms with Crippen molar-refractivity contribution in [2.75, 3.05) is 17.2 Å². The fraction of sp³-hybridized carbons (Fsp3) is 0.286. The number of aryl methyl sites for hydroxylation is 1. The van der Waals surface area contributed by atoms with Gasteiger partial charge in [-0.15, -0.1) is 0 Å². The average Bonchev–Trinajstić information content (AvgIpc) is 2.36. The smallest absolute Gasteiger partial charge is 0.225 e. The number of hydrogen-bond acceptors (Lipinski definition) is 4. The van der Waals surface area contributed by atoms with Crippen LogP contribution in [-0.2, 0) is 6.54 Å². The monoisotopic (exact) mass is 242 g/mol. The van der Waals surface area contributed by atoms with Crippen molar-refractivity contribution in [3.05, 3.63) is 47.8 Å². The van der Waals surface area contributed by atoms with Gasteiger partial charge in [0.25, 0.3) is 0 Å². The SMILES string of the molecule is CCN(Cc1cccc(N)c1)c1nccc(C)n1. The third-order valence-corrected chi connectivity index (χ3v) is 2.77. The molecule has 0 radical (unpaired) electrons. The number of rotatable bonds is 4.